The lowest BCUT2D eigenvalue weighted by Crippen LogP contribution is -2.20. The van der Waals surface area contributed by atoms with E-state index >= 15 is 0 Å². The van der Waals surface area contributed by atoms with Crippen LogP contribution in [0.5, 0.6) is 0 Å². The van der Waals surface area contributed by atoms with Crippen molar-refractivity contribution < 1.29 is 0 Å². The molecule has 5 nitrogen and oxygen atoms in total. The van der Waals surface area contributed by atoms with Gasteiger partial charge in [-0.25, -0.2) is 0 Å². The van der Waals surface area contributed by atoms with Crippen LogP contribution in [0, 0.1) is 0 Å². The van der Waals surface area contributed by atoms with Gasteiger partial charge in [0.1, 0.15) is 0 Å². The summed E-state index contributed by atoms with van der Waals surface area (Å²) in [5.41, 5.74) is 1.67. The number of hydrogen-bond acceptors (Lipinski definition) is 5. The van der Waals surface area contributed by atoms with Gasteiger partial charge in [0.05, 0.1) is 29.8 Å². The Balaban J connectivity index is 2.34. The number of hydrogen-bond donors (Lipinski definition) is 1. The Hall–Kier alpha value is -1.88. The van der Waals surface area contributed by atoms with Crippen LogP contribution in [0.4, 0.5) is 0 Å². The maximum Gasteiger partial charge on any atom is 0.0954 e. The normalized spacial score (nSPS) is 10.5. The molecule has 0 fully saturated rings. The van der Waals surface area contributed by atoms with E-state index in [0.29, 0.717) is 0 Å². The van der Waals surface area contributed by atoms with Gasteiger partial charge in [-0.2, -0.15) is 0 Å². The molecule has 0 aliphatic heterocycles. The van der Waals surface area contributed by atoms with Crippen molar-refractivity contribution in [3.8, 4) is 0 Å². The average Bonchev–Trinajstić information content (AvgIpc) is 2.33. The summed E-state index contributed by atoms with van der Waals surface area (Å²) >= 11 is 0. The second-order valence-corrected chi connectivity index (χ2v) is 2.98. The molecule has 2 aromatic rings. The Morgan fingerprint density at radius 2 is 1.47 bits per heavy atom. The van der Waals surface area contributed by atoms with E-state index in [1.54, 1.807) is 37.2 Å². The van der Waals surface area contributed by atoms with Gasteiger partial charge in [-0.05, 0) is 7.05 Å². The molecule has 0 aromatic carbocycles. The molecule has 2 heterocycles. The van der Waals surface area contributed by atoms with Crippen molar-refractivity contribution in [2.45, 2.75) is 6.04 Å². The summed E-state index contributed by atoms with van der Waals surface area (Å²) in [4.78, 5) is 16.5. The fraction of sp³-hybridized carbons (Fsp3) is 0.200. The predicted molar refractivity (Wildman–Crippen MR) is 55.0 cm³/mol. The zero-order valence-electron chi connectivity index (χ0n) is 8.33. The molecular weight excluding hydrogens is 190 g/mol. The second-order valence-electron chi connectivity index (χ2n) is 2.98. The number of rotatable bonds is 3. The van der Waals surface area contributed by atoms with Crippen LogP contribution in [0.3, 0.4) is 0 Å². The third-order valence-electron chi connectivity index (χ3n) is 2.05. The largest absolute Gasteiger partial charge is 0.307 e. The van der Waals surface area contributed by atoms with E-state index in [9.17, 15) is 0 Å². The highest BCUT2D eigenvalue weighted by molar-refractivity contribution is 5.16. The highest BCUT2D eigenvalue weighted by Crippen LogP contribution is 2.15. The minimum atomic E-state index is -0.0626. The van der Waals surface area contributed by atoms with Gasteiger partial charge in [0.25, 0.3) is 0 Å². The molecule has 0 saturated heterocycles. The Labute approximate surface area is 87.6 Å². The maximum atomic E-state index is 4.23. The molecule has 0 bridgehead atoms. The molecule has 0 radical (unpaired) electrons. The summed E-state index contributed by atoms with van der Waals surface area (Å²) in [6, 6.07) is -0.0626. The van der Waals surface area contributed by atoms with Crippen LogP contribution in [-0.2, 0) is 0 Å². The Morgan fingerprint density at radius 3 is 1.80 bits per heavy atom. The molecule has 5 heteroatoms. The van der Waals surface area contributed by atoms with Crippen molar-refractivity contribution in [1.29, 1.82) is 0 Å². The van der Waals surface area contributed by atoms with E-state index in [0.717, 1.165) is 11.4 Å². The van der Waals surface area contributed by atoms with Gasteiger partial charge in [0.2, 0.25) is 0 Å². The Bertz CT molecular complexity index is 363. The second kappa shape index (κ2) is 4.56. The summed E-state index contributed by atoms with van der Waals surface area (Å²) in [6.45, 7) is 0. The molecule has 1 N–H and O–H groups in total. The van der Waals surface area contributed by atoms with Crippen molar-refractivity contribution in [2.24, 2.45) is 0 Å². The highest BCUT2D eigenvalue weighted by Gasteiger charge is 2.14. The van der Waals surface area contributed by atoms with Gasteiger partial charge in [-0.1, -0.05) is 0 Å². The molecule has 2 aromatic heterocycles. The van der Waals surface area contributed by atoms with E-state index in [4.69, 9.17) is 0 Å². The highest BCUT2D eigenvalue weighted by atomic mass is 15.0. The molecule has 0 saturated carbocycles. The van der Waals surface area contributed by atoms with Crippen LogP contribution in [-0.4, -0.2) is 27.0 Å². The molecule has 0 atom stereocenters. The van der Waals surface area contributed by atoms with Gasteiger partial charge >= 0.3 is 0 Å². The van der Waals surface area contributed by atoms with Crippen molar-refractivity contribution in [2.75, 3.05) is 7.05 Å². The van der Waals surface area contributed by atoms with Crippen molar-refractivity contribution in [3.63, 3.8) is 0 Å². The lowest BCUT2D eigenvalue weighted by Gasteiger charge is -2.13. The smallest absolute Gasteiger partial charge is 0.0954 e. The van der Waals surface area contributed by atoms with Crippen molar-refractivity contribution in [3.05, 3.63) is 48.6 Å². The van der Waals surface area contributed by atoms with Crippen LogP contribution in [0.25, 0.3) is 0 Å². The fourth-order valence-electron chi connectivity index (χ4n) is 1.37. The minimum absolute atomic E-state index is 0.0626. The van der Waals surface area contributed by atoms with Crippen LogP contribution in [0.15, 0.2) is 37.2 Å². The van der Waals surface area contributed by atoms with Gasteiger partial charge in [-0.15, -0.1) is 0 Å². The monoisotopic (exact) mass is 201 g/mol. The molecule has 0 unspecified atom stereocenters. The topological polar surface area (TPSA) is 63.6 Å². The summed E-state index contributed by atoms with van der Waals surface area (Å²) in [5, 5.41) is 3.13. The predicted octanol–water partition coefficient (Wildman–Crippen LogP) is 0.575. The minimum Gasteiger partial charge on any atom is -0.307 e. The fourth-order valence-corrected chi connectivity index (χ4v) is 1.37. The molecule has 0 spiro atoms. The van der Waals surface area contributed by atoms with Crippen molar-refractivity contribution >= 4 is 0 Å². The van der Waals surface area contributed by atoms with E-state index in [1.165, 1.54) is 0 Å². The number of aromatic nitrogens is 4. The molecular formula is C10H11N5. The zero-order valence-corrected chi connectivity index (χ0v) is 8.33. The lowest BCUT2D eigenvalue weighted by atomic mass is 10.1. The van der Waals surface area contributed by atoms with E-state index in [-0.39, 0.29) is 6.04 Å². The molecule has 2 rings (SSSR count). The summed E-state index contributed by atoms with van der Waals surface area (Å²) in [5.74, 6) is 0. The molecule has 0 aliphatic carbocycles. The number of nitrogens with zero attached hydrogens (tertiary/aromatic N) is 4. The lowest BCUT2D eigenvalue weighted by molar-refractivity contribution is 0.644. The first-order valence-electron chi connectivity index (χ1n) is 4.61. The first-order chi connectivity index (χ1) is 7.42. The van der Waals surface area contributed by atoms with E-state index in [2.05, 4.69) is 25.3 Å². The van der Waals surface area contributed by atoms with Crippen LogP contribution < -0.4 is 5.32 Å². The third kappa shape index (κ3) is 2.13. The zero-order chi connectivity index (χ0) is 10.5. The third-order valence-corrected chi connectivity index (χ3v) is 2.05. The van der Waals surface area contributed by atoms with E-state index in [1.807, 2.05) is 7.05 Å². The van der Waals surface area contributed by atoms with Crippen molar-refractivity contribution in [1.82, 2.24) is 25.3 Å². The van der Waals surface area contributed by atoms with Crippen LogP contribution >= 0.6 is 0 Å². The first-order valence-corrected chi connectivity index (χ1v) is 4.61. The standard InChI is InChI=1S/C10H11N5/c1-11-10(8-6-12-2-4-14-8)9-7-13-3-5-15-9/h2-7,10-11H,1H3. The summed E-state index contributed by atoms with van der Waals surface area (Å²) in [7, 11) is 1.86. The van der Waals surface area contributed by atoms with Gasteiger partial charge < -0.3 is 5.32 Å². The quantitative estimate of drug-likeness (QED) is 0.786. The molecule has 0 aliphatic rings. The number of nitrogens with one attached hydrogen (secondary N) is 1. The summed E-state index contributed by atoms with van der Waals surface area (Å²) in [6.07, 6.45) is 10.1. The Kier molecular flexibility index (Phi) is 2.94. The van der Waals surface area contributed by atoms with Gasteiger partial charge in [0.15, 0.2) is 0 Å². The SMILES string of the molecule is CNC(c1cnccn1)c1cnccn1. The van der Waals surface area contributed by atoms with E-state index < -0.39 is 0 Å². The van der Waals surface area contributed by atoms with Gasteiger partial charge in [0, 0.05) is 24.8 Å². The van der Waals surface area contributed by atoms with Crippen LogP contribution in [0.1, 0.15) is 17.4 Å². The van der Waals surface area contributed by atoms with Gasteiger partial charge in [-0.3, -0.25) is 19.9 Å². The molecule has 76 valence electrons. The average molecular weight is 201 g/mol. The molecule has 15 heavy (non-hydrogen) atoms. The first kappa shape index (κ1) is 9.67. The Morgan fingerprint density at radius 1 is 0.933 bits per heavy atom. The van der Waals surface area contributed by atoms with Crippen LogP contribution in [0.2, 0.25) is 0 Å². The summed E-state index contributed by atoms with van der Waals surface area (Å²) < 4.78 is 0. The maximum absolute atomic E-state index is 4.23. The molecule has 0 amide bonds.